The van der Waals surface area contributed by atoms with Gasteiger partial charge in [0.1, 0.15) is 17.0 Å². The van der Waals surface area contributed by atoms with Crippen molar-refractivity contribution in [3.8, 4) is 34.9 Å². The summed E-state index contributed by atoms with van der Waals surface area (Å²) in [5, 5.41) is 14.6. The van der Waals surface area contributed by atoms with E-state index in [0.29, 0.717) is 11.4 Å². The number of nitriles is 2. The van der Waals surface area contributed by atoms with Crippen molar-refractivity contribution in [1.29, 1.82) is 10.5 Å². The summed E-state index contributed by atoms with van der Waals surface area (Å²) in [4.78, 5) is 40.1. The average molecular weight is 929 g/mol. The minimum Gasteiger partial charge on any atom is -0.285 e. The molecular weight excluding hydrogens is 904 g/mol. The van der Waals surface area contributed by atoms with Crippen molar-refractivity contribution in [2.45, 2.75) is 13.8 Å². The van der Waals surface area contributed by atoms with Crippen LogP contribution in [-0.4, -0.2) is 30.7 Å². The van der Waals surface area contributed by atoms with Crippen LogP contribution in [0, 0.1) is 58.3 Å². The SMILES string of the molecule is CC#N.CC#N.O=C(c1ccccn1)c1ccccn1.[N]=O.[O-][Cl+3]([O-])([O-])[O-].[O-][Cl+3]([O-])([O-])[O-].[O-][Cl+3]([O-])([O-])[O-].[Ru+3].c1ccc(-c2cccc(-c3ccccn3)n2)nc1. The third-order valence-electron chi connectivity index (χ3n) is 4.40. The topological polar surface area (TPSA) is 445 Å². The Balaban J connectivity index is -0.000000315. The maximum Gasteiger partial charge on any atom is 3.00 e. The number of aromatic nitrogens is 5. The zero-order chi connectivity index (χ0) is 42.9. The maximum absolute atomic E-state index is 11.7. The van der Waals surface area contributed by atoms with Crippen molar-refractivity contribution in [3.05, 3.63) is 132 Å². The first-order valence-electron chi connectivity index (χ1n) is 13.5. The van der Waals surface area contributed by atoms with Crippen molar-refractivity contribution in [1.82, 2.24) is 30.5 Å². The van der Waals surface area contributed by atoms with Gasteiger partial charge in [0.05, 0.1) is 34.9 Å². The fourth-order valence-electron chi connectivity index (χ4n) is 2.87. The van der Waals surface area contributed by atoms with Crippen molar-refractivity contribution in [2.75, 3.05) is 0 Å². The largest absolute Gasteiger partial charge is 3.00 e. The molecule has 5 aromatic heterocycles. The van der Waals surface area contributed by atoms with E-state index in [2.05, 4.69) is 24.9 Å². The molecule has 0 fully saturated rings. The molecule has 0 atom stereocenters. The second-order valence-corrected chi connectivity index (χ2v) is 10.4. The van der Waals surface area contributed by atoms with Crippen molar-refractivity contribution in [2.24, 2.45) is 0 Å². The van der Waals surface area contributed by atoms with Crippen LogP contribution in [0.15, 0.2) is 116 Å². The fourth-order valence-corrected chi connectivity index (χ4v) is 2.87. The standard InChI is InChI=1S/C15H11N3.C11H8N2O.2C2H3N.3ClHO4.NO.Ru/c1-3-10-16-12(6-1)14-8-5-9-15(18-14)13-7-2-4-11-17-13;14-11(9-5-1-3-7-12-9)10-6-2-4-8-13-10;2*1-2-3;3*2-1(3,4)5;1-2;/h1-11H;1-8H;2*1H3;3*(H,2,3,4,5);;/q;;;;;;;;+3/p-3. The Kier molecular flexibility index (Phi) is 34.4. The first kappa shape index (κ1) is 57.7. The van der Waals surface area contributed by atoms with Crippen LogP contribution in [0.5, 0.6) is 0 Å². The summed E-state index contributed by atoms with van der Waals surface area (Å²) in [5.74, 6) is -0.147. The molecule has 5 aromatic rings. The van der Waals surface area contributed by atoms with E-state index in [-0.39, 0.29) is 25.3 Å². The Morgan fingerprint density at radius 3 is 0.911 bits per heavy atom. The number of nitroso groups, excluding NO2 is 1. The van der Waals surface area contributed by atoms with E-state index in [9.17, 15) is 4.79 Å². The van der Waals surface area contributed by atoms with E-state index in [0.717, 1.165) is 22.8 Å². The van der Waals surface area contributed by atoms with Crippen LogP contribution in [0.2, 0.25) is 0 Å². The molecule has 0 aliphatic heterocycles. The summed E-state index contributed by atoms with van der Waals surface area (Å²) in [6, 6.07) is 31.4. The van der Waals surface area contributed by atoms with Gasteiger partial charge < -0.3 is 0 Å². The number of carbonyl (C=O) groups excluding carboxylic acids is 1. The average Bonchev–Trinajstić information content (AvgIpc) is 3.13. The molecule has 0 N–H and O–H groups in total. The molecule has 0 aliphatic carbocycles. The monoisotopic (exact) mass is 928 g/mol. The number of pyridine rings is 5. The van der Waals surface area contributed by atoms with Crippen LogP contribution < -0.4 is 61.5 Å². The van der Waals surface area contributed by atoms with Gasteiger partial charge in [0.2, 0.25) is 5.78 Å². The van der Waals surface area contributed by atoms with Crippen LogP contribution in [0.4, 0.5) is 0 Å². The molecule has 26 heteroatoms. The predicted octanol–water partition coefficient (Wildman–Crippen LogP) is -8.74. The molecule has 2 radical (unpaired) electrons. The number of hydrogen-bond donors (Lipinski definition) is 0. The van der Waals surface area contributed by atoms with Gasteiger partial charge in [-0.25, -0.2) is 60.9 Å². The molecule has 5 rings (SSSR count). The van der Waals surface area contributed by atoms with Gasteiger partial charge in [-0.15, -0.1) is 35.6 Å². The van der Waals surface area contributed by atoms with Gasteiger partial charge in [0.25, 0.3) is 0 Å². The van der Waals surface area contributed by atoms with Crippen LogP contribution >= 0.6 is 0 Å². The summed E-state index contributed by atoms with van der Waals surface area (Å²) in [7, 11) is -14.8. The van der Waals surface area contributed by atoms with Gasteiger partial charge in [-0.2, -0.15) is 10.5 Å². The summed E-state index contributed by atoms with van der Waals surface area (Å²) >= 11 is 0. The van der Waals surface area contributed by atoms with Crippen LogP contribution in [0.1, 0.15) is 30.0 Å². The number of halogens is 3. The van der Waals surface area contributed by atoms with Crippen molar-refractivity contribution >= 4 is 5.78 Å². The number of ketones is 1. The minimum absolute atomic E-state index is 0. The second-order valence-electron chi connectivity index (χ2n) is 8.18. The molecule has 5 heterocycles. The molecule has 0 saturated carbocycles. The Bertz CT molecular complexity index is 1650. The molecule has 0 spiro atoms. The van der Waals surface area contributed by atoms with Crippen LogP contribution in [0.3, 0.4) is 0 Å². The fraction of sp³-hybridized carbons (Fsp3) is 0.0667. The van der Waals surface area contributed by atoms with Crippen LogP contribution in [-0.2, 0) is 19.5 Å². The first-order chi connectivity index (χ1) is 25.6. The van der Waals surface area contributed by atoms with Gasteiger partial charge in [-0.3, -0.25) is 24.7 Å². The maximum atomic E-state index is 11.7. The third kappa shape index (κ3) is 40.2. The number of carbonyl (C=O) groups is 1. The molecule has 0 amide bonds. The molecule has 0 saturated heterocycles. The number of nitrogens with zero attached hydrogens (tertiary/aromatic N) is 8. The summed E-state index contributed by atoms with van der Waals surface area (Å²) in [6.07, 6.45) is 6.72. The van der Waals surface area contributed by atoms with Crippen LogP contribution in [0.25, 0.3) is 22.8 Å². The Labute approximate surface area is 337 Å². The normalized spacial score (nSPS) is 9.29. The van der Waals surface area contributed by atoms with E-state index in [4.69, 9.17) is 76.9 Å². The third-order valence-corrected chi connectivity index (χ3v) is 4.40. The second kappa shape index (κ2) is 33.4. The molecule has 298 valence electrons. The Morgan fingerprint density at radius 2 is 0.696 bits per heavy atom. The Morgan fingerprint density at radius 1 is 0.464 bits per heavy atom. The molecule has 0 aromatic carbocycles. The van der Waals surface area contributed by atoms with E-state index >= 15 is 0 Å². The molecular formula is C30H25Cl3N8O14Ru. The molecule has 0 bridgehead atoms. The van der Waals surface area contributed by atoms with Crippen molar-refractivity contribution in [3.63, 3.8) is 0 Å². The van der Waals surface area contributed by atoms with Gasteiger partial charge in [0, 0.05) is 38.6 Å². The van der Waals surface area contributed by atoms with Gasteiger partial charge in [-0.05, 0) is 60.7 Å². The smallest absolute Gasteiger partial charge is 0.285 e. The van der Waals surface area contributed by atoms with Gasteiger partial charge >= 0.3 is 19.5 Å². The van der Waals surface area contributed by atoms with E-state index in [1.807, 2.05) is 54.6 Å². The zero-order valence-electron chi connectivity index (χ0n) is 28.3. The number of hydrogen-bond acceptors (Lipinski definition) is 21. The molecule has 56 heavy (non-hydrogen) atoms. The summed E-state index contributed by atoms with van der Waals surface area (Å²) < 4.78 is 102. The summed E-state index contributed by atoms with van der Waals surface area (Å²) in [6.45, 7) is 2.86. The first-order valence-corrected chi connectivity index (χ1v) is 17.2. The van der Waals surface area contributed by atoms with Gasteiger partial charge in [0.15, 0.2) is 0 Å². The van der Waals surface area contributed by atoms with Gasteiger partial charge in [-0.1, -0.05) is 30.3 Å². The number of rotatable bonds is 4. The quantitative estimate of drug-likeness (QED) is 0.119. The van der Waals surface area contributed by atoms with Crippen molar-refractivity contribution < 1.29 is 111 Å². The molecule has 0 unspecified atom stereocenters. The van der Waals surface area contributed by atoms with E-state index < -0.39 is 30.7 Å². The Hall–Kier alpha value is -4.99. The summed E-state index contributed by atoms with van der Waals surface area (Å²) in [5.41, 5.74) is 10.1. The molecule has 22 nitrogen and oxygen atoms in total. The predicted molar refractivity (Wildman–Crippen MR) is 151 cm³/mol. The molecule has 0 aliphatic rings. The minimum atomic E-state index is -4.94. The van der Waals surface area contributed by atoms with E-state index in [1.54, 1.807) is 73.3 Å². The van der Waals surface area contributed by atoms with E-state index in [1.165, 1.54) is 13.8 Å². The zero-order valence-corrected chi connectivity index (χ0v) is 32.3.